The van der Waals surface area contributed by atoms with E-state index in [0.717, 1.165) is 0 Å². The van der Waals surface area contributed by atoms with Crippen LogP contribution in [0.5, 0.6) is 5.88 Å². The highest BCUT2D eigenvalue weighted by Crippen LogP contribution is 2.29. The number of rotatable bonds is 6. The highest BCUT2D eigenvalue weighted by molar-refractivity contribution is 5.57. The molecule has 0 aliphatic carbocycles. The zero-order valence-electron chi connectivity index (χ0n) is 12.1. The van der Waals surface area contributed by atoms with Gasteiger partial charge < -0.3 is 10.1 Å². The first-order chi connectivity index (χ1) is 8.77. The highest BCUT2D eigenvalue weighted by Gasteiger charge is 2.24. The predicted molar refractivity (Wildman–Crippen MR) is 74.6 cm³/mol. The molecule has 1 rings (SSSR count). The maximum atomic E-state index is 11.0. The van der Waals surface area contributed by atoms with Crippen molar-refractivity contribution in [2.24, 2.45) is 11.3 Å². The van der Waals surface area contributed by atoms with Crippen molar-refractivity contribution in [2.75, 3.05) is 19.0 Å². The van der Waals surface area contributed by atoms with Gasteiger partial charge in [0.1, 0.15) is 0 Å². The van der Waals surface area contributed by atoms with Gasteiger partial charge in [-0.3, -0.25) is 10.1 Å². The number of pyridine rings is 1. The molecule has 1 heterocycles. The van der Waals surface area contributed by atoms with Gasteiger partial charge in [0, 0.05) is 18.7 Å². The number of nitro groups is 1. The molecule has 0 saturated carbocycles. The number of ether oxygens (including phenoxy) is 1. The SMILES string of the molecule is COc1ccc([N+](=O)[O-])c(NCC(C)(C)C(C)C)n1. The number of anilines is 1. The molecule has 0 bridgehead atoms. The summed E-state index contributed by atoms with van der Waals surface area (Å²) >= 11 is 0. The summed E-state index contributed by atoms with van der Waals surface area (Å²) in [6, 6.07) is 2.88. The monoisotopic (exact) mass is 267 g/mol. The first-order valence-corrected chi connectivity index (χ1v) is 6.21. The minimum Gasteiger partial charge on any atom is -0.481 e. The van der Waals surface area contributed by atoms with E-state index in [-0.39, 0.29) is 16.9 Å². The van der Waals surface area contributed by atoms with Crippen LogP contribution in [-0.4, -0.2) is 23.6 Å². The molecule has 0 radical (unpaired) electrons. The van der Waals surface area contributed by atoms with E-state index in [4.69, 9.17) is 4.74 Å². The summed E-state index contributed by atoms with van der Waals surface area (Å²) in [6.45, 7) is 9.06. The van der Waals surface area contributed by atoms with Crippen LogP contribution in [0.15, 0.2) is 12.1 Å². The third-order valence-corrected chi connectivity index (χ3v) is 3.53. The quantitative estimate of drug-likeness (QED) is 0.633. The Kier molecular flexibility index (Phi) is 4.69. The fourth-order valence-corrected chi connectivity index (χ4v) is 1.34. The van der Waals surface area contributed by atoms with Gasteiger partial charge in [0.15, 0.2) is 0 Å². The molecule has 0 aliphatic heterocycles. The van der Waals surface area contributed by atoms with E-state index < -0.39 is 4.92 Å². The highest BCUT2D eigenvalue weighted by atomic mass is 16.6. The van der Waals surface area contributed by atoms with Gasteiger partial charge in [-0.15, -0.1) is 0 Å². The lowest BCUT2D eigenvalue weighted by molar-refractivity contribution is -0.384. The Morgan fingerprint density at radius 2 is 2.11 bits per heavy atom. The molecule has 6 heteroatoms. The van der Waals surface area contributed by atoms with Crippen LogP contribution in [0.1, 0.15) is 27.7 Å². The number of hydrogen-bond donors (Lipinski definition) is 1. The van der Waals surface area contributed by atoms with Crippen LogP contribution >= 0.6 is 0 Å². The van der Waals surface area contributed by atoms with Gasteiger partial charge in [-0.1, -0.05) is 27.7 Å². The molecule has 19 heavy (non-hydrogen) atoms. The Hall–Kier alpha value is -1.85. The van der Waals surface area contributed by atoms with Gasteiger partial charge in [-0.05, 0) is 11.3 Å². The van der Waals surface area contributed by atoms with Gasteiger partial charge in [0.25, 0.3) is 0 Å². The molecule has 0 aliphatic rings. The third-order valence-electron chi connectivity index (χ3n) is 3.53. The molecular formula is C13H21N3O3. The molecular weight excluding hydrogens is 246 g/mol. The van der Waals surface area contributed by atoms with E-state index >= 15 is 0 Å². The maximum absolute atomic E-state index is 11.0. The molecule has 1 aromatic rings. The van der Waals surface area contributed by atoms with Gasteiger partial charge in [-0.2, -0.15) is 4.98 Å². The maximum Gasteiger partial charge on any atom is 0.311 e. The Morgan fingerprint density at radius 3 is 2.58 bits per heavy atom. The second kappa shape index (κ2) is 5.86. The average molecular weight is 267 g/mol. The largest absolute Gasteiger partial charge is 0.481 e. The number of aromatic nitrogens is 1. The number of hydrogen-bond acceptors (Lipinski definition) is 5. The van der Waals surface area contributed by atoms with Crippen LogP contribution in [0.25, 0.3) is 0 Å². The van der Waals surface area contributed by atoms with Gasteiger partial charge in [0.2, 0.25) is 11.7 Å². The number of nitrogens with zero attached hydrogens (tertiary/aromatic N) is 2. The van der Waals surface area contributed by atoms with Crippen molar-refractivity contribution in [3.63, 3.8) is 0 Å². The molecule has 0 atom stereocenters. The summed E-state index contributed by atoms with van der Waals surface area (Å²) < 4.78 is 5.00. The first kappa shape index (κ1) is 15.2. The Bertz CT molecular complexity index is 458. The standard InChI is InChI=1S/C13H21N3O3/c1-9(2)13(3,4)8-14-12-10(16(17)18)6-7-11(15-12)19-5/h6-7,9H,8H2,1-5H3,(H,14,15). The second-order valence-electron chi connectivity index (χ2n) is 5.48. The van der Waals surface area contributed by atoms with Crippen molar-refractivity contribution in [3.8, 4) is 5.88 Å². The van der Waals surface area contributed by atoms with Gasteiger partial charge >= 0.3 is 5.69 Å². The summed E-state index contributed by atoms with van der Waals surface area (Å²) in [4.78, 5) is 14.6. The van der Waals surface area contributed by atoms with Crippen molar-refractivity contribution < 1.29 is 9.66 Å². The minimum absolute atomic E-state index is 0.0125. The smallest absolute Gasteiger partial charge is 0.311 e. The van der Waals surface area contributed by atoms with Crippen LogP contribution < -0.4 is 10.1 Å². The van der Waals surface area contributed by atoms with Crippen molar-refractivity contribution in [1.82, 2.24) is 4.98 Å². The van der Waals surface area contributed by atoms with Crippen molar-refractivity contribution in [2.45, 2.75) is 27.7 Å². The van der Waals surface area contributed by atoms with Crippen LogP contribution in [0, 0.1) is 21.4 Å². The molecule has 6 nitrogen and oxygen atoms in total. The predicted octanol–water partition coefficient (Wildman–Crippen LogP) is 3.09. The van der Waals surface area contributed by atoms with E-state index in [1.54, 1.807) is 0 Å². The Morgan fingerprint density at radius 1 is 1.47 bits per heavy atom. The first-order valence-electron chi connectivity index (χ1n) is 6.21. The van der Waals surface area contributed by atoms with E-state index in [2.05, 4.69) is 38.0 Å². The van der Waals surface area contributed by atoms with Crippen LogP contribution in [0.3, 0.4) is 0 Å². The zero-order chi connectivity index (χ0) is 14.6. The molecule has 106 valence electrons. The second-order valence-corrected chi connectivity index (χ2v) is 5.48. The lowest BCUT2D eigenvalue weighted by Crippen LogP contribution is -2.29. The van der Waals surface area contributed by atoms with Crippen LogP contribution in [0.2, 0.25) is 0 Å². The topological polar surface area (TPSA) is 77.3 Å². The van der Waals surface area contributed by atoms with Crippen molar-refractivity contribution in [1.29, 1.82) is 0 Å². The molecule has 0 unspecified atom stereocenters. The van der Waals surface area contributed by atoms with Crippen molar-refractivity contribution in [3.05, 3.63) is 22.2 Å². The summed E-state index contributed by atoms with van der Waals surface area (Å²) in [5.41, 5.74) is -0.0288. The van der Waals surface area contributed by atoms with Gasteiger partial charge in [-0.25, -0.2) is 0 Å². The van der Waals surface area contributed by atoms with E-state index in [1.807, 2.05) is 0 Å². The molecule has 0 spiro atoms. The number of methoxy groups -OCH3 is 1. The lowest BCUT2D eigenvalue weighted by Gasteiger charge is -2.29. The fourth-order valence-electron chi connectivity index (χ4n) is 1.34. The molecule has 0 saturated heterocycles. The molecule has 1 aromatic heterocycles. The Labute approximate surface area is 113 Å². The van der Waals surface area contributed by atoms with Crippen LogP contribution in [0.4, 0.5) is 11.5 Å². The number of nitrogens with one attached hydrogen (secondary N) is 1. The minimum atomic E-state index is -0.447. The lowest BCUT2D eigenvalue weighted by atomic mass is 9.81. The average Bonchev–Trinajstić information content (AvgIpc) is 2.35. The Balaban J connectivity index is 2.95. The molecule has 1 N–H and O–H groups in total. The van der Waals surface area contributed by atoms with E-state index in [1.165, 1.54) is 19.2 Å². The molecule has 0 aromatic carbocycles. The summed E-state index contributed by atoms with van der Waals surface area (Å²) in [5.74, 6) is 1.05. The molecule has 0 amide bonds. The van der Waals surface area contributed by atoms with E-state index in [9.17, 15) is 10.1 Å². The summed E-state index contributed by atoms with van der Waals surface area (Å²) in [6.07, 6.45) is 0. The van der Waals surface area contributed by atoms with Crippen LogP contribution in [-0.2, 0) is 0 Å². The zero-order valence-corrected chi connectivity index (χ0v) is 12.1. The normalized spacial score (nSPS) is 11.5. The van der Waals surface area contributed by atoms with Crippen molar-refractivity contribution >= 4 is 11.5 Å². The summed E-state index contributed by atoms with van der Waals surface area (Å²) in [7, 11) is 1.48. The van der Waals surface area contributed by atoms with E-state index in [0.29, 0.717) is 18.3 Å². The summed E-state index contributed by atoms with van der Waals surface area (Å²) in [5, 5.41) is 14.0. The third kappa shape index (κ3) is 3.81. The van der Waals surface area contributed by atoms with Gasteiger partial charge in [0.05, 0.1) is 12.0 Å². The fraction of sp³-hybridized carbons (Fsp3) is 0.615. The molecule has 0 fully saturated rings.